The average molecular weight is 673 g/mol. The minimum Gasteiger partial charge on any atom is -0.454 e. The van der Waals surface area contributed by atoms with Gasteiger partial charge in [0.1, 0.15) is 17.6 Å². The Morgan fingerprint density at radius 3 is 2.02 bits per heavy atom. The van der Waals surface area contributed by atoms with Crippen molar-refractivity contribution in [2.24, 2.45) is 9.98 Å². The van der Waals surface area contributed by atoms with Crippen molar-refractivity contribution in [2.75, 3.05) is 0 Å². The number of thiophene rings is 1. The Morgan fingerprint density at radius 1 is 0.549 bits per heavy atom. The van der Waals surface area contributed by atoms with Crippen molar-refractivity contribution in [1.82, 2.24) is 9.88 Å². The maximum absolute atomic E-state index is 6.78. The first-order valence-corrected chi connectivity index (χ1v) is 17.9. The van der Waals surface area contributed by atoms with E-state index < -0.39 is 0 Å². The van der Waals surface area contributed by atoms with Gasteiger partial charge in [0, 0.05) is 52.8 Å². The van der Waals surface area contributed by atoms with Crippen LogP contribution in [0, 0.1) is 0 Å². The van der Waals surface area contributed by atoms with Crippen molar-refractivity contribution in [3.05, 3.63) is 174 Å². The van der Waals surface area contributed by atoms with Crippen LogP contribution in [-0.4, -0.2) is 16.2 Å². The second-order valence-corrected chi connectivity index (χ2v) is 14.1. The van der Waals surface area contributed by atoms with Gasteiger partial charge in [0.15, 0.2) is 11.4 Å². The molecule has 0 fully saturated rings. The molecule has 6 heteroatoms. The van der Waals surface area contributed by atoms with Crippen molar-refractivity contribution >= 4 is 86.9 Å². The van der Waals surface area contributed by atoms with Crippen molar-refractivity contribution in [3.63, 3.8) is 0 Å². The Bertz CT molecular complexity index is 3010. The predicted octanol–water partition coefficient (Wildman–Crippen LogP) is 11.5. The van der Waals surface area contributed by atoms with Crippen LogP contribution in [-0.2, 0) is 0 Å². The first-order valence-electron chi connectivity index (χ1n) is 17.1. The number of hydrogen-bond donors (Lipinski definition) is 1. The van der Waals surface area contributed by atoms with E-state index in [1.54, 1.807) is 11.3 Å². The van der Waals surface area contributed by atoms with Crippen LogP contribution < -0.4 is 5.32 Å². The van der Waals surface area contributed by atoms with E-state index in [1.165, 1.54) is 42.0 Å². The van der Waals surface area contributed by atoms with Gasteiger partial charge in [-0.25, -0.2) is 9.98 Å². The molecule has 4 heterocycles. The molecule has 51 heavy (non-hydrogen) atoms. The number of furan rings is 1. The van der Waals surface area contributed by atoms with Gasteiger partial charge in [-0.3, -0.25) is 0 Å². The first kappa shape index (κ1) is 28.3. The van der Waals surface area contributed by atoms with Crippen molar-refractivity contribution < 1.29 is 4.42 Å². The van der Waals surface area contributed by atoms with Crippen molar-refractivity contribution in [3.8, 4) is 5.69 Å². The summed E-state index contributed by atoms with van der Waals surface area (Å²) in [6.07, 6.45) is -0.246. The fourth-order valence-corrected chi connectivity index (χ4v) is 8.77. The molecule has 0 spiro atoms. The summed E-state index contributed by atoms with van der Waals surface area (Å²) in [6.45, 7) is 0. The molecule has 10 aromatic rings. The van der Waals surface area contributed by atoms with E-state index in [0.29, 0.717) is 0 Å². The number of aromatic nitrogens is 1. The van der Waals surface area contributed by atoms with Gasteiger partial charge in [0.05, 0.1) is 16.7 Å². The minimum absolute atomic E-state index is 0.246. The van der Waals surface area contributed by atoms with Gasteiger partial charge in [-0.05, 0) is 54.1 Å². The van der Waals surface area contributed by atoms with Crippen molar-refractivity contribution in [1.29, 1.82) is 0 Å². The molecule has 7 aromatic carbocycles. The van der Waals surface area contributed by atoms with Crippen LogP contribution in [0.4, 0.5) is 0 Å². The highest BCUT2D eigenvalue weighted by molar-refractivity contribution is 7.25. The number of nitrogens with zero attached hydrogens (tertiary/aromatic N) is 3. The molecule has 11 rings (SSSR count). The zero-order valence-electron chi connectivity index (χ0n) is 27.2. The monoisotopic (exact) mass is 672 g/mol. The predicted molar refractivity (Wildman–Crippen MR) is 213 cm³/mol. The molecule has 0 saturated heterocycles. The lowest BCUT2D eigenvalue weighted by atomic mass is 10.0. The highest BCUT2D eigenvalue weighted by atomic mass is 32.1. The van der Waals surface area contributed by atoms with E-state index in [1.807, 2.05) is 24.3 Å². The Labute approximate surface area is 296 Å². The maximum atomic E-state index is 6.78. The minimum atomic E-state index is -0.246. The second kappa shape index (κ2) is 11.0. The molecule has 1 aliphatic heterocycles. The molecular formula is C45H28N4OS. The Morgan fingerprint density at radius 2 is 1.24 bits per heavy atom. The number of rotatable bonds is 4. The van der Waals surface area contributed by atoms with Crippen molar-refractivity contribution in [2.45, 2.75) is 6.17 Å². The quantitative estimate of drug-likeness (QED) is 0.202. The molecular weight excluding hydrogens is 645 g/mol. The normalized spacial score (nSPS) is 14.9. The zero-order valence-corrected chi connectivity index (χ0v) is 28.1. The van der Waals surface area contributed by atoms with Crippen LogP contribution in [0.5, 0.6) is 0 Å². The third-order valence-electron chi connectivity index (χ3n) is 10.1. The summed E-state index contributed by atoms with van der Waals surface area (Å²) >= 11 is 1.79. The van der Waals surface area contributed by atoms with Crippen LogP contribution in [0.2, 0.25) is 0 Å². The third kappa shape index (κ3) is 4.40. The fraction of sp³-hybridized carbons (Fsp3) is 0.0222. The molecule has 0 amide bonds. The number of nitrogens with one attached hydrogen (secondary N) is 1. The molecule has 0 radical (unpaired) electrons. The zero-order chi connectivity index (χ0) is 33.5. The fourth-order valence-electron chi connectivity index (χ4n) is 7.68. The molecule has 1 aliphatic rings. The molecule has 1 atom stereocenters. The molecule has 0 aliphatic carbocycles. The Hall–Kier alpha value is -6.50. The number of amidine groups is 2. The van der Waals surface area contributed by atoms with E-state index in [4.69, 9.17) is 14.4 Å². The lowest BCUT2D eigenvalue weighted by Gasteiger charge is -2.23. The summed E-state index contributed by atoms with van der Waals surface area (Å²) in [7, 11) is 0. The lowest BCUT2D eigenvalue weighted by molar-refractivity contribution is 0.667. The summed E-state index contributed by atoms with van der Waals surface area (Å²) < 4.78 is 11.5. The van der Waals surface area contributed by atoms with Gasteiger partial charge in [-0.2, -0.15) is 0 Å². The van der Waals surface area contributed by atoms with E-state index in [9.17, 15) is 0 Å². The molecule has 3 aromatic heterocycles. The number of benzene rings is 7. The first-order chi connectivity index (χ1) is 25.3. The summed E-state index contributed by atoms with van der Waals surface area (Å²) in [5.41, 5.74) is 8.27. The second-order valence-electron chi connectivity index (χ2n) is 13.0. The Kier molecular flexibility index (Phi) is 6.12. The van der Waals surface area contributed by atoms with Gasteiger partial charge >= 0.3 is 0 Å². The molecule has 240 valence electrons. The number of aliphatic imine (C=N–C) groups is 2. The number of fused-ring (bicyclic) bond motifs is 9. The van der Waals surface area contributed by atoms with Gasteiger partial charge in [0.25, 0.3) is 0 Å². The smallest absolute Gasteiger partial charge is 0.159 e. The van der Waals surface area contributed by atoms with Gasteiger partial charge in [0.2, 0.25) is 0 Å². The molecule has 0 saturated carbocycles. The molecule has 1 N–H and O–H groups in total. The standard InChI is InChI=1S/C45H28N4OS/c1-3-12-27(13-4-1)43-46-44(28-14-5-2-6-15-28)48-45(47-43)29-22-23-40-34(24-29)35-25-33-32-18-11-21-38(42(32)50-39(33)26-41(35)51-40)49-36-19-9-7-16-30(36)31-17-8-10-20-37(31)49/h1-26,43H,(H,46,47,48). The molecule has 0 bridgehead atoms. The largest absolute Gasteiger partial charge is 0.454 e. The van der Waals surface area contributed by atoms with E-state index in [-0.39, 0.29) is 6.17 Å². The Balaban J connectivity index is 1.07. The number of hydrogen-bond acceptors (Lipinski definition) is 5. The SMILES string of the molecule is c1ccc(C2=NC(c3ccccc3)NC(c3ccc4sc5cc6oc7c(-n8c9ccccc9c9ccccc98)cccc7c6cc5c4c3)=N2)cc1. The number of para-hydroxylation sites is 3. The van der Waals surface area contributed by atoms with Crippen LogP contribution in [0.3, 0.4) is 0 Å². The highest BCUT2D eigenvalue weighted by Crippen LogP contribution is 2.42. The van der Waals surface area contributed by atoms with E-state index >= 15 is 0 Å². The van der Waals surface area contributed by atoms with Crippen LogP contribution in [0.15, 0.2) is 172 Å². The lowest BCUT2D eigenvalue weighted by Crippen LogP contribution is -2.33. The summed E-state index contributed by atoms with van der Waals surface area (Å²) in [4.78, 5) is 10.1. The van der Waals surface area contributed by atoms with Gasteiger partial charge < -0.3 is 14.3 Å². The third-order valence-corrected chi connectivity index (χ3v) is 11.2. The van der Waals surface area contributed by atoms with Gasteiger partial charge in [-0.1, -0.05) is 109 Å². The molecule has 5 nitrogen and oxygen atoms in total. The van der Waals surface area contributed by atoms with E-state index in [0.717, 1.165) is 56.0 Å². The highest BCUT2D eigenvalue weighted by Gasteiger charge is 2.22. The van der Waals surface area contributed by atoms with E-state index in [2.05, 4.69) is 143 Å². The maximum Gasteiger partial charge on any atom is 0.159 e. The van der Waals surface area contributed by atoms with Gasteiger partial charge in [-0.15, -0.1) is 11.3 Å². The topological polar surface area (TPSA) is 54.8 Å². The summed E-state index contributed by atoms with van der Waals surface area (Å²) in [5, 5.41) is 10.7. The van der Waals surface area contributed by atoms with Crippen LogP contribution in [0.1, 0.15) is 22.9 Å². The van der Waals surface area contributed by atoms with Crippen LogP contribution in [0.25, 0.3) is 69.6 Å². The summed E-state index contributed by atoms with van der Waals surface area (Å²) in [6, 6.07) is 55.4. The summed E-state index contributed by atoms with van der Waals surface area (Å²) in [5.74, 6) is 1.53. The van der Waals surface area contributed by atoms with Crippen LogP contribution >= 0.6 is 11.3 Å². The molecule has 1 unspecified atom stereocenters. The average Bonchev–Trinajstić information content (AvgIpc) is 3.86.